The number of hydrogen-bond donors (Lipinski definition) is 2. The summed E-state index contributed by atoms with van der Waals surface area (Å²) in [5.74, 6) is 0. The van der Waals surface area contributed by atoms with Gasteiger partial charge in [-0.25, -0.2) is 0 Å². The molecule has 2 nitrogen and oxygen atoms in total. The summed E-state index contributed by atoms with van der Waals surface area (Å²) in [5, 5.41) is 10.7. The van der Waals surface area contributed by atoms with E-state index in [0.29, 0.717) is 12.1 Å². The zero-order valence-electron chi connectivity index (χ0n) is 12.0. The first-order chi connectivity index (χ1) is 9.89. The summed E-state index contributed by atoms with van der Waals surface area (Å²) < 4.78 is 37.8. The average Bonchev–Trinajstić information content (AvgIpc) is 2.72. The molecule has 0 aromatic heterocycles. The molecular formula is C16H22F3NO. The van der Waals surface area contributed by atoms with Gasteiger partial charge in [0, 0.05) is 12.0 Å². The lowest BCUT2D eigenvalue weighted by molar-refractivity contribution is -0.137. The fourth-order valence-electron chi connectivity index (χ4n) is 3.23. The van der Waals surface area contributed by atoms with Gasteiger partial charge in [-0.3, -0.25) is 0 Å². The normalized spacial score (nSPS) is 20.8. The van der Waals surface area contributed by atoms with Crippen LogP contribution in [0.15, 0.2) is 24.3 Å². The van der Waals surface area contributed by atoms with E-state index >= 15 is 0 Å². The van der Waals surface area contributed by atoms with Crippen molar-refractivity contribution in [2.75, 3.05) is 6.54 Å². The Labute approximate surface area is 123 Å². The summed E-state index contributed by atoms with van der Waals surface area (Å²) in [6.45, 7) is 0.356. The largest absolute Gasteiger partial charge is 0.416 e. The fraction of sp³-hybridized carbons (Fsp3) is 0.625. The van der Waals surface area contributed by atoms with Gasteiger partial charge in [-0.2, -0.15) is 13.2 Å². The van der Waals surface area contributed by atoms with E-state index in [9.17, 15) is 18.3 Å². The van der Waals surface area contributed by atoms with Crippen LogP contribution >= 0.6 is 0 Å². The molecule has 0 amide bonds. The van der Waals surface area contributed by atoms with Crippen LogP contribution in [-0.4, -0.2) is 11.7 Å². The van der Waals surface area contributed by atoms with Gasteiger partial charge in [0.2, 0.25) is 0 Å². The molecule has 2 rings (SSSR count). The van der Waals surface area contributed by atoms with Gasteiger partial charge < -0.3 is 10.8 Å². The van der Waals surface area contributed by atoms with Gasteiger partial charge >= 0.3 is 6.18 Å². The van der Waals surface area contributed by atoms with Crippen molar-refractivity contribution in [3.8, 4) is 0 Å². The van der Waals surface area contributed by atoms with Gasteiger partial charge in [-0.1, -0.05) is 37.8 Å². The Morgan fingerprint density at radius 3 is 2.00 bits per heavy atom. The van der Waals surface area contributed by atoms with E-state index < -0.39 is 23.3 Å². The third-order valence-electron chi connectivity index (χ3n) is 4.64. The summed E-state index contributed by atoms with van der Waals surface area (Å²) in [7, 11) is 0. The van der Waals surface area contributed by atoms with E-state index in [1.54, 1.807) is 0 Å². The van der Waals surface area contributed by atoms with E-state index in [-0.39, 0.29) is 0 Å². The van der Waals surface area contributed by atoms with Crippen LogP contribution in [-0.2, 0) is 6.18 Å². The first-order valence-electron chi connectivity index (χ1n) is 7.44. The zero-order chi connectivity index (χ0) is 15.5. The molecule has 1 aromatic carbocycles. The Bertz CT molecular complexity index is 448. The number of hydrogen-bond acceptors (Lipinski definition) is 2. The van der Waals surface area contributed by atoms with E-state index in [4.69, 9.17) is 5.73 Å². The molecule has 0 radical (unpaired) electrons. The van der Waals surface area contributed by atoms with Crippen molar-refractivity contribution in [1.82, 2.24) is 0 Å². The smallest absolute Gasteiger partial charge is 0.388 e. The van der Waals surface area contributed by atoms with Crippen molar-refractivity contribution in [2.45, 2.75) is 50.8 Å². The molecule has 1 aliphatic carbocycles. The number of aliphatic hydroxyl groups is 1. The fourth-order valence-corrected chi connectivity index (χ4v) is 3.23. The first-order valence-corrected chi connectivity index (χ1v) is 7.44. The summed E-state index contributed by atoms with van der Waals surface area (Å²) in [5.41, 5.74) is 5.33. The van der Waals surface area contributed by atoms with Crippen LogP contribution in [0, 0.1) is 5.41 Å². The average molecular weight is 301 g/mol. The molecule has 1 atom stereocenters. The maximum absolute atomic E-state index is 12.6. The highest BCUT2D eigenvalue weighted by Crippen LogP contribution is 2.44. The molecule has 0 heterocycles. The number of alkyl halides is 3. The van der Waals surface area contributed by atoms with Crippen LogP contribution in [0.4, 0.5) is 13.2 Å². The van der Waals surface area contributed by atoms with Gasteiger partial charge in [0.05, 0.1) is 11.7 Å². The zero-order valence-corrected chi connectivity index (χ0v) is 12.0. The second-order valence-corrected chi connectivity index (χ2v) is 6.00. The minimum atomic E-state index is -4.35. The second-order valence-electron chi connectivity index (χ2n) is 6.00. The van der Waals surface area contributed by atoms with Crippen molar-refractivity contribution in [2.24, 2.45) is 11.1 Å². The molecular weight excluding hydrogens is 279 g/mol. The summed E-state index contributed by atoms with van der Waals surface area (Å²) in [6, 6.07) is 4.80. The molecule has 0 saturated heterocycles. The predicted molar refractivity (Wildman–Crippen MR) is 75.6 cm³/mol. The number of benzene rings is 1. The summed E-state index contributed by atoms with van der Waals surface area (Å²) in [4.78, 5) is 0. The highest BCUT2D eigenvalue weighted by atomic mass is 19.4. The third-order valence-corrected chi connectivity index (χ3v) is 4.64. The Morgan fingerprint density at radius 2 is 1.57 bits per heavy atom. The monoisotopic (exact) mass is 301 g/mol. The molecule has 1 saturated carbocycles. The first kappa shape index (κ1) is 16.3. The Kier molecular flexibility index (Phi) is 4.94. The molecule has 5 heteroatoms. The van der Waals surface area contributed by atoms with Gasteiger partial charge in [-0.15, -0.1) is 0 Å². The van der Waals surface area contributed by atoms with Crippen molar-refractivity contribution in [3.63, 3.8) is 0 Å². The lowest BCUT2D eigenvalue weighted by Gasteiger charge is -2.36. The highest BCUT2D eigenvalue weighted by Gasteiger charge is 2.38. The van der Waals surface area contributed by atoms with Crippen LogP contribution in [0.5, 0.6) is 0 Å². The maximum atomic E-state index is 12.6. The third kappa shape index (κ3) is 3.58. The maximum Gasteiger partial charge on any atom is 0.416 e. The minimum Gasteiger partial charge on any atom is -0.388 e. The molecule has 0 bridgehead atoms. The molecule has 3 N–H and O–H groups in total. The SMILES string of the molecule is NCC1(C(O)c2ccc(C(F)(F)F)cc2)CCCCCC1. The Balaban J connectivity index is 2.22. The van der Waals surface area contributed by atoms with Crippen LogP contribution in [0.1, 0.15) is 55.8 Å². The molecule has 1 fully saturated rings. The summed E-state index contributed by atoms with van der Waals surface area (Å²) in [6.07, 6.45) is 0.768. The minimum absolute atomic E-state index is 0.356. The standard InChI is InChI=1S/C16H22F3NO/c17-16(18,19)13-7-5-12(6-8-13)14(21)15(11-20)9-3-1-2-4-10-15/h5-8,14,21H,1-4,9-11,20H2. The van der Waals surface area contributed by atoms with Crippen LogP contribution in [0.25, 0.3) is 0 Å². The number of nitrogens with two attached hydrogens (primary N) is 1. The Morgan fingerprint density at radius 1 is 1.05 bits per heavy atom. The molecule has 21 heavy (non-hydrogen) atoms. The van der Waals surface area contributed by atoms with Crippen molar-refractivity contribution in [3.05, 3.63) is 35.4 Å². The highest BCUT2D eigenvalue weighted by molar-refractivity contribution is 5.27. The van der Waals surface area contributed by atoms with Gasteiger partial charge in [0.15, 0.2) is 0 Å². The molecule has 118 valence electrons. The van der Waals surface area contributed by atoms with Gasteiger partial charge in [0.25, 0.3) is 0 Å². The number of halogens is 3. The molecule has 1 aliphatic rings. The molecule has 0 aliphatic heterocycles. The van der Waals surface area contributed by atoms with E-state index in [0.717, 1.165) is 50.7 Å². The van der Waals surface area contributed by atoms with E-state index in [2.05, 4.69) is 0 Å². The lowest BCUT2D eigenvalue weighted by Crippen LogP contribution is -2.36. The van der Waals surface area contributed by atoms with Crippen molar-refractivity contribution >= 4 is 0 Å². The van der Waals surface area contributed by atoms with Crippen LogP contribution < -0.4 is 5.73 Å². The molecule has 1 unspecified atom stereocenters. The van der Waals surface area contributed by atoms with Crippen LogP contribution in [0.2, 0.25) is 0 Å². The van der Waals surface area contributed by atoms with Crippen molar-refractivity contribution in [1.29, 1.82) is 0 Å². The van der Waals surface area contributed by atoms with E-state index in [1.807, 2.05) is 0 Å². The second kappa shape index (κ2) is 6.36. The van der Waals surface area contributed by atoms with Crippen molar-refractivity contribution < 1.29 is 18.3 Å². The molecule has 1 aromatic rings. The Hall–Kier alpha value is -1.07. The van der Waals surface area contributed by atoms with E-state index in [1.165, 1.54) is 12.1 Å². The number of rotatable bonds is 3. The number of aliphatic hydroxyl groups excluding tert-OH is 1. The topological polar surface area (TPSA) is 46.2 Å². The lowest BCUT2D eigenvalue weighted by atomic mass is 9.73. The quantitative estimate of drug-likeness (QED) is 0.828. The summed E-state index contributed by atoms with van der Waals surface area (Å²) >= 11 is 0. The van der Waals surface area contributed by atoms with Gasteiger partial charge in [-0.05, 0) is 30.5 Å². The van der Waals surface area contributed by atoms with Crippen LogP contribution in [0.3, 0.4) is 0 Å². The van der Waals surface area contributed by atoms with Gasteiger partial charge in [0.1, 0.15) is 0 Å². The predicted octanol–water partition coefficient (Wildman–Crippen LogP) is 4.04. The molecule has 0 spiro atoms.